The van der Waals surface area contributed by atoms with Gasteiger partial charge in [0.05, 0.1) is 5.56 Å². The molecule has 0 saturated carbocycles. The Morgan fingerprint density at radius 1 is 1.03 bits per heavy atom. The number of cyclic esters (lactones) is 1. The van der Waals surface area contributed by atoms with Crippen LogP contribution in [0.2, 0.25) is 5.15 Å². The van der Waals surface area contributed by atoms with Crippen LogP contribution in [0.1, 0.15) is 52.7 Å². The summed E-state index contributed by atoms with van der Waals surface area (Å²) in [5, 5.41) is 8.67. The number of fused-ring (bicyclic) bond motifs is 1. The van der Waals surface area contributed by atoms with Crippen molar-refractivity contribution in [2.24, 2.45) is 5.41 Å². The Labute approximate surface area is 188 Å². The molecule has 5 rings (SSSR count). The highest BCUT2D eigenvalue weighted by Crippen LogP contribution is 2.42. The standard InChI is InChI=1S/C24H29ClN4O2/c1-17-18(2-3-19-20(17)16-31-23(19)30)6-11-28-12-7-24(8-13-28)9-14-29(15-10-24)22-5-4-21(25)26-27-22/h2-5H,6-16H2,1H3. The van der Waals surface area contributed by atoms with Gasteiger partial charge in [-0.1, -0.05) is 17.7 Å². The number of nitrogens with zero attached hydrogens (tertiary/aromatic N) is 4. The molecule has 3 aliphatic rings. The molecule has 0 N–H and O–H groups in total. The molecule has 1 spiro atoms. The van der Waals surface area contributed by atoms with Gasteiger partial charge in [0.25, 0.3) is 0 Å². The van der Waals surface area contributed by atoms with Crippen LogP contribution in [0.5, 0.6) is 0 Å². The lowest BCUT2D eigenvalue weighted by molar-refractivity contribution is 0.0535. The number of benzene rings is 1. The van der Waals surface area contributed by atoms with Gasteiger partial charge < -0.3 is 14.5 Å². The van der Waals surface area contributed by atoms with Crippen molar-refractivity contribution < 1.29 is 9.53 Å². The summed E-state index contributed by atoms with van der Waals surface area (Å²) in [7, 11) is 0. The highest BCUT2D eigenvalue weighted by atomic mass is 35.5. The largest absolute Gasteiger partial charge is 0.457 e. The van der Waals surface area contributed by atoms with E-state index in [1.807, 2.05) is 18.2 Å². The molecule has 0 bridgehead atoms. The van der Waals surface area contributed by atoms with Crippen molar-refractivity contribution in [1.82, 2.24) is 15.1 Å². The average Bonchev–Trinajstić information content (AvgIpc) is 3.17. The summed E-state index contributed by atoms with van der Waals surface area (Å²) in [4.78, 5) is 16.7. The van der Waals surface area contributed by atoms with E-state index in [4.69, 9.17) is 16.3 Å². The first-order valence-electron chi connectivity index (χ1n) is 11.3. The van der Waals surface area contributed by atoms with E-state index in [1.165, 1.54) is 49.9 Å². The first-order chi connectivity index (χ1) is 15.0. The number of esters is 1. The predicted octanol–water partition coefficient (Wildman–Crippen LogP) is 4.03. The van der Waals surface area contributed by atoms with Crippen LogP contribution in [0, 0.1) is 12.3 Å². The van der Waals surface area contributed by atoms with E-state index in [9.17, 15) is 4.79 Å². The normalized spacial score (nSPS) is 20.7. The fraction of sp³-hybridized carbons (Fsp3) is 0.542. The summed E-state index contributed by atoms with van der Waals surface area (Å²) >= 11 is 5.87. The summed E-state index contributed by atoms with van der Waals surface area (Å²) in [5.41, 5.74) is 4.88. The second-order valence-electron chi connectivity index (χ2n) is 9.24. The van der Waals surface area contributed by atoms with Gasteiger partial charge in [0.15, 0.2) is 11.0 Å². The molecule has 164 valence electrons. The Hall–Kier alpha value is -2.18. The SMILES string of the molecule is Cc1c(CCN2CCC3(CC2)CCN(c2ccc(Cl)nn2)CC3)ccc2c1COC2=O. The molecular weight excluding hydrogens is 412 g/mol. The Morgan fingerprint density at radius 2 is 1.77 bits per heavy atom. The fourth-order valence-electron chi connectivity index (χ4n) is 5.39. The molecule has 3 aliphatic heterocycles. The minimum absolute atomic E-state index is 0.180. The number of carbonyl (C=O) groups excluding carboxylic acids is 1. The lowest BCUT2D eigenvalue weighted by Gasteiger charge is -2.47. The minimum atomic E-state index is -0.180. The van der Waals surface area contributed by atoms with E-state index in [0.29, 0.717) is 17.2 Å². The maximum atomic E-state index is 11.8. The maximum absolute atomic E-state index is 11.8. The van der Waals surface area contributed by atoms with E-state index in [-0.39, 0.29) is 5.97 Å². The maximum Gasteiger partial charge on any atom is 0.338 e. The molecule has 0 unspecified atom stereocenters. The lowest BCUT2D eigenvalue weighted by atomic mass is 9.71. The molecule has 31 heavy (non-hydrogen) atoms. The average molecular weight is 441 g/mol. The van der Waals surface area contributed by atoms with Gasteiger partial charge in [-0.25, -0.2) is 4.79 Å². The molecule has 1 aromatic heterocycles. The zero-order valence-electron chi connectivity index (χ0n) is 18.1. The monoisotopic (exact) mass is 440 g/mol. The van der Waals surface area contributed by atoms with Crippen molar-refractivity contribution in [3.05, 3.63) is 51.7 Å². The van der Waals surface area contributed by atoms with Gasteiger partial charge in [-0.2, -0.15) is 0 Å². The summed E-state index contributed by atoms with van der Waals surface area (Å²) < 4.78 is 5.19. The molecule has 0 radical (unpaired) electrons. The molecule has 6 nitrogen and oxygen atoms in total. The Bertz CT molecular complexity index is 960. The van der Waals surface area contributed by atoms with Crippen LogP contribution in [0.25, 0.3) is 0 Å². The Kier molecular flexibility index (Phi) is 5.61. The number of aromatic nitrogens is 2. The molecular formula is C24H29ClN4O2. The molecule has 0 atom stereocenters. The van der Waals surface area contributed by atoms with Gasteiger partial charge >= 0.3 is 5.97 Å². The van der Waals surface area contributed by atoms with Crippen molar-refractivity contribution in [1.29, 1.82) is 0 Å². The number of carbonyl (C=O) groups is 1. The number of halogens is 1. The number of anilines is 1. The van der Waals surface area contributed by atoms with Crippen LogP contribution in [-0.2, 0) is 17.8 Å². The number of likely N-dealkylation sites (tertiary alicyclic amines) is 1. The molecule has 2 saturated heterocycles. The smallest absolute Gasteiger partial charge is 0.338 e. The first kappa shape index (κ1) is 20.7. The minimum Gasteiger partial charge on any atom is -0.457 e. The highest BCUT2D eigenvalue weighted by Gasteiger charge is 2.37. The van der Waals surface area contributed by atoms with Crippen LogP contribution < -0.4 is 4.90 Å². The Balaban J connectivity index is 1.12. The van der Waals surface area contributed by atoms with Gasteiger partial charge in [-0.05, 0) is 86.9 Å². The third kappa shape index (κ3) is 4.15. The zero-order valence-corrected chi connectivity index (χ0v) is 18.8. The topological polar surface area (TPSA) is 58.6 Å². The summed E-state index contributed by atoms with van der Waals surface area (Å²) in [5.74, 6) is 0.758. The number of hydrogen-bond donors (Lipinski definition) is 0. The number of ether oxygens (including phenoxy) is 1. The fourth-order valence-corrected chi connectivity index (χ4v) is 5.49. The predicted molar refractivity (Wildman–Crippen MR) is 121 cm³/mol. The third-order valence-corrected chi connectivity index (χ3v) is 7.86. The Morgan fingerprint density at radius 3 is 2.48 bits per heavy atom. The van der Waals surface area contributed by atoms with E-state index in [1.54, 1.807) is 0 Å². The van der Waals surface area contributed by atoms with Crippen LogP contribution >= 0.6 is 11.6 Å². The molecule has 0 aliphatic carbocycles. The summed E-state index contributed by atoms with van der Waals surface area (Å²) in [6.45, 7) is 8.07. The third-order valence-electron chi connectivity index (χ3n) is 7.66. The molecule has 2 fully saturated rings. The van der Waals surface area contributed by atoms with E-state index >= 15 is 0 Å². The highest BCUT2D eigenvalue weighted by molar-refractivity contribution is 6.29. The van der Waals surface area contributed by atoms with Crippen LogP contribution in [0.3, 0.4) is 0 Å². The summed E-state index contributed by atoms with van der Waals surface area (Å²) in [6.07, 6.45) is 6.03. The quantitative estimate of drug-likeness (QED) is 0.669. The number of piperidine rings is 2. The van der Waals surface area contributed by atoms with Crippen LogP contribution in [-0.4, -0.2) is 53.8 Å². The summed E-state index contributed by atoms with van der Waals surface area (Å²) in [6, 6.07) is 7.85. The van der Waals surface area contributed by atoms with Crippen molar-refractivity contribution in [3.63, 3.8) is 0 Å². The zero-order chi connectivity index (χ0) is 21.4. The van der Waals surface area contributed by atoms with Gasteiger partial charge in [-0.3, -0.25) is 0 Å². The van der Waals surface area contributed by atoms with Crippen molar-refractivity contribution >= 4 is 23.4 Å². The number of rotatable bonds is 4. The molecule has 7 heteroatoms. The van der Waals surface area contributed by atoms with Gasteiger partial charge in [0.1, 0.15) is 6.61 Å². The molecule has 1 aromatic carbocycles. The van der Waals surface area contributed by atoms with Crippen molar-refractivity contribution in [2.45, 2.75) is 45.6 Å². The number of hydrogen-bond acceptors (Lipinski definition) is 6. The van der Waals surface area contributed by atoms with Crippen LogP contribution in [0.4, 0.5) is 5.82 Å². The first-order valence-corrected chi connectivity index (χ1v) is 11.7. The van der Waals surface area contributed by atoms with Gasteiger partial charge in [0, 0.05) is 25.2 Å². The van der Waals surface area contributed by atoms with Crippen LogP contribution in [0.15, 0.2) is 24.3 Å². The van der Waals surface area contributed by atoms with Gasteiger partial charge in [-0.15, -0.1) is 10.2 Å². The second kappa shape index (κ2) is 8.40. The molecule has 0 amide bonds. The van der Waals surface area contributed by atoms with E-state index in [2.05, 4.69) is 33.0 Å². The molecule has 2 aromatic rings. The molecule has 4 heterocycles. The van der Waals surface area contributed by atoms with E-state index in [0.717, 1.165) is 43.0 Å². The lowest BCUT2D eigenvalue weighted by Crippen LogP contribution is -2.47. The van der Waals surface area contributed by atoms with Crippen molar-refractivity contribution in [3.8, 4) is 0 Å². The van der Waals surface area contributed by atoms with Crippen molar-refractivity contribution in [2.75, 3.05) is 37.6 Å². The van der Waals surface area contributed by atoms with Gasteiger partial charge in [0.2, 0.25) is 0 Å². The second-order valence-corrected chi connectivity index (χ2v) is 9.63. The van der Waals surface area contributed by atoms with E-state index < -0.39 is 0 Å².